The third-order valence-electron chi connectivity index (χ3n) is 3.17. The highest BCUT2D eigenvalue weighted by Crippen LogP contribution is 2.27. The van der Waals surface area contributed by atoms with Crippen molar-refractivity contribution in [3.05, 3.63) is 77.5 Å². The van der Waals surface area contributed by atoms with Gasteiger partial charge in [0.2, 0.25) is 5.78 Å². The molecular formula is C17H13NO3. The SMILES string of the molecule is O=C(/C=C1\Nc2ccccc2C1=O)OCc1ccccc1. The number of carbonyl (C=O) groups is 2. The van der Waals surface area contributed by atoms with Crippen LogP contribution >= 0.6 is 0 Å². The minimum absolute atomic E-state index is 0.185. The summed E-state index contributed by atoms with van der Waals surface area (Å²) >= 11 is 0. The minimum Gasteiger partial charge on any atom is -0.458 e. The molecule has 3 rings (SSSR count). The molecule has 0 bridgehead atoms. The molecule has 21 heavy (non-hydrogen) atoms. The summed E-state index contributed by atoms with van der Waals surface area (Å²) in [5.74, 6) is -0.732. The quantitative estimate of drug-likeness (QED) is 0.693. The lowest BCUT2D eigenvalue weighted by Gasteiger charge is -2.02. The molecular weight excluding hydrogens is 266 g/mol. The van der Waals surface area contributed by atoms with Gasteiger partial charge in [-0.2, -0.15) is 0 Å². The van der Waals surface area contributed by atoms with Crippen molar-refractivity contribution in [3.8, 4) is 0 Å². The summed E-state index contributed by atoms with van der Waals surface area (Å²) in [7, 11) is 0. The fourth-order valence-electron chi connectivity index (χ4n) is 2.13. The summed E-state index contributed by atoms with van der Waals surface area (Å²) in [5.41, 5.74) is 2.43. The Bertz CT molecular complexity index is 720. The van der Waals surface area contributed by atoms with Crippen molar-refractivity contribution in [1.82, 2.24) is 0 Å². The summed E-state index contributed by atoms with van der Waals surface area (Å²) in [5, 5.41) is 2.92. The Hall–Kier alpha value is -2.88. The summed E-state index contributed by atoms with van der Waals surface area (Å²) in [6, 6.07) is 16.5. The van der Waals surface area contributed by atoms with Gasteiger partial charge in [-0.3, -0.25) is 4.79 Å². The van der Waals surface area contributed by atoms with Crippen LogP contribution in [0.1, 0.15) is 15.9 Å². The molecule has 0 spiro atoms. The first-order valence-electron chi connectivity index (χ1n) is 6.57. The molecule has 0 aromatic heterocycles. The zero-order chi connectivity index (χ0) is 14.7. The zero-order valence-electron chi connectivity index (χ0n) is 11.2. The van der Waals surface area contributed by atoms with E-state index >= 15 is 0 Å². The molecule has 4 heteroatoms. The van der Waals surface area contributed by atoms with Crippen molar-refractivity contribution < 1.29 is 14.3 Å². The molecule has 0 radical (unpaired) electrons. The number of anilines is 1. The first-order valence-corrected chi connectivity index (χ1v) is 6.57. The smallest absolute Gasteiger partial charge is 0.333 e. The van der Waals surface area contributed by atoms with Crippen LogP contribution in [0.25, 0.3) is 0 Å². The van der Waals surface area contributed by atoms with Crippen molar-refractivity contribution in [2.75, 3.05) is 5.32 Å². The van der Waals surface area contributed by atoms with E-state index in [1.165, 1.54) is 6.08 Å². The highest BCUT2D eigenvalue weighted by Gasteiger charge is 2.24. The highest BCUT2D eigenvalue weighted by atomic mass is 16.5. The van der Waals surface area contributed by atoms with Gasteiger partial charge >= 0.3 is 5.97 Å². The van der Waals surface area contributed by atoms with E-state index in [1.807, 2.05) is 36.4 Å². The third kappa shape index (κ3) is 2.84. The maximum Gasteiger partial charge on any atom is 0.333 e. The van der Waals surface area contributed by atoms with E-state index in [0.717, 1.165) is 5.56 Å². The van der Waals surface area contributed by atoms with Gasteiger partial charge < -0.3 is 10.1 Å². The number of ketones is 1. The number of allylic oxidation sites excluding steroid dienone is 1. The first kappa shape index (κ1) is 13.1. The molecule has 1 aliphatic heterocycles. The number of carbonyl (C=O) groups excluding carboxylic acids is 2. The lowest BCUT2D eigenvalue weighted by molar-refractivity contribution is -0.139. The van der Waals surface area contributed by atoms with Gasteiger partial charge in [0.15, 0.2) is 0 Å². The molecule has 0 atom stereocenters. The Kier molecular flexibility index (Phi) is 3.51. The Balaban J connectivity index is 1.67. The lowest BCUT2D eigenvalue weighted by Crippen LogP contribution is -2.07. The number of fused-ring (bicyclic) bond motifs is 1. The van der Waals surface area contributed by atoms with Gasteiger partial charge in [-0.25, -0.2) is 4.79 Å². The van der Waals surface area contributed by atoms with Gasteiger partial charge in [0.05, 0.1) is 11.8 Å². The van der Waals surface area contributed by atoms with Crippen LogP contribution in [0.15, 0.2) is 66.4 Å². The molecule has 4 nitrogen and oxygen atoms in total. The average molecular weight is 279 g/mol. The number of hydrogen-bond acceptors (Lipinski definition) is 4. The van der Waals surface area contributed by atoms with Crippen LogP contribution in [0.5, 0.6) is 0 Å². The second-order valence-electron chi connectivity index (χ2n) is 4.65. The van der Waals surface area contributed by atoms with Gasteiger partial charge in [-0.15, -0.1) is 0 Å². The molecule has 1 aliphatic rings. The molecule has 2 aromatic rings. The molecule has 104 valence electrons. The van der Waals surface area contributed by atoms with Crippen molar-refractivity contribution in [2.45, 2.75) is 6.61 Å². The standard InChI is InChI=1S/C17H13NO3/c19-16(21-11-12-6-2-1-3-7-12)10-15-17(20)13-8-4-5-9-14(13)18-15/h1-10,18H,11H2/b15-10-. The predicted octanol–water partition coefficient (Wildman–Crippen LogP) is 2.92. The summed E-state index contributed by atoms with van der Waals surface area (Å²) in [4.78, 5) is 23.8. The molecule has 0 fully saturated rings. The lowest BCUT2D eigenvalue weighted by atomic mass is 10.1. The second-order valence-corrected chi connectivity index (χ2v) is 4.65. The highest BCUT2D eigenvalue weighted by molar-refractivity contribution is 6.20. The normalized spacial score (nSPS) is 14.7. The van der Waals surface area contributed by atoms with E-state index in [9.17, 15) is 9.59 Å². The fourth-order valence-corrected chi connectivity index (χ4v) is 2.13. The Morgan fingerprint density at radius 2 is 1.76 bits per heavy atom. The molecule has 0 unspecified atom stereocenters. The van der Waals surface area contributed by atoms with E-state index < -0.39 is 5.97 Å². The maximum absolute atomic E-state index is 12.1. The largest absolute Gasteiger partial charge is 0.458 e. The van der Waals surface area contributed by atoms with Crippen LogP contribution in [0.3, 0.4) is 0 Å². The Morgan fingerprint density at radius 3 is 2.52 bits per heavy atom. The van der Waals surface area contributed by atoms with Gasteiger partial charge in [-0.05, 0) is 17.7 Å². The summed E-state index contributed by atoms with van der Waals surface area (Å²) in [6.07, 6.45) is 1.20. The molecule has 1 N–H and O–H groups in total. The number of rotatable bonds is 3. The van der Waals surface area contributed by atoms with Crippen molar-refractivity contribution in [2.24, 2.45) is 0 Å². The molecule has 1 heterocycles. The van der Waals surface area contributed by atoms with Gasteiger partial charge in [0.1, 0.15) is 6.61 Å². The Morgan fingerprint density at radius 1 is 1.05 bits per heavy atom. The number of benzene rings is 2. The van der Waals surface area contributed by atoms with E-state index in [2.05, 4.69) is 5.32 Å². The monoisotopic (exact) mass is 279 g/mol. The maximum atomic E-state index is 12.1. The fraction of sp³-hybridized carbons (Fsp3) is 0.0588. The number of esters is 1. The summed E-state index contributed by atoms with van der Waals surface area (Å²) < 4.78 is 5.13. The molecule has 0 aliphatic carbocycles. The number of ether oxygens (including phenoxy) is 1. The predicted molar refractivity (Wildman–Crippen MR) is 78.7 cm³/mol. The summed E-state index contributed by atoms with van der Waals surface area (Å²) in [6.45, 7) is 0.185. The average Bonchev–Trinajstić information content (AvgIpc) is 2.83. The van der Waals surface area contributed by atoms with Crippen LogP contribution in [0.4, 0.5) is 5.69 Å². The van der Waals surface area contributed by atoms with E-state index in [1.54, 1.807) is 18.2 Å². The minimum atomic E-state index is -0.539. The van der Waals surface area contributed by atoms with Crippen LogP contribution in [-0.2, 0) is 16.1 Å². The van der Waals surface area contributed by atoms with Gasteiger partial charge in [0, 0.05) is 11.3 Å². The van der Waals surface area contributed by atoms with Crippen LogP contribution < -0.4 is 5.32 Å². The van der Waals surface area contributed by atoms with Crippen molar-refractivity contribution in [3.63, 3.8) is 0 Å². The Labute approximate surface area is 122 Å². The van der Waals surface area contributed by atoms with Crippen LogP contribution in [-0.4, -0.2) is 11.8 Å². The van der Waals surface area contributed by atoms with Gasteiger partial charge in [0.25, 0.3) is 0 Å². The van der Waals surface area contributed by atoms with Crippen molar-refractivity contribution >= 4 is 17.4 Å². The molecule has 2 aromatic carbocycles. The second kappa shape index (κ2) is 5.63. The van der Waals surface area contributed by atoms with Crippen LogP contribution in [0.2, 0.25) is 0 Å². The van der Waals surface area contributed by atoms with E-state index in [0.29, 0.717) is 11.3 Å². The molecule has 0 amide bonds. The number of nitrogens with one attached hydrogen (secondary N) is 1. The topological polar surface area (TPSA) is 55.4 Å². The van der Waals surface area contributed by atoms with Crippen LogP contribution in [0, 0.1) is 0 Å². The number of para-hydroxylation sites is 1. The molecule has 0 saturated carbocycles. The molecule has 0 saturated heterocycles. The van der Waals surface area contributed by atoms with E-state index in [-0.39, 0.29) is 18.1 Å². The number of hydrogen-bond donors (Lipinski definition) is 1. The third-order valence-corrected chi connectivity index (χ3v) is 3.17. The zero-order valence-corrected chi connectivity index (χ0v) is 11.2. The first-order chi connectivity index (χ1) is 10.2. The van der Waals surface area contributed by atoms with Crippen molar-refractivity contribution in [1.29, 1.82) is 0 Å². The van der Waals surface area contributed by atoms with Gasteiger partial charge in [-0.1, -0.05) is 42.5 Å². The number of Topliss-reactive ketones (excluding diaryl/α,β-unsaturated/α-hetero) is 1. The van der Waals surface area contributed by atoms with E-state index in [4.69, 9.17) is 4.74 Å².